The number of rotatable bonds is 2. The second-order valence-corrected chi connectivity index (χ2v) is 9.27. The van der Waals surface area contributed by atoms with Gasteiger partial charge >= 0.3 is 0 Å². The van der Waals surface area contributed by atoms with Crippen LogP contribution in [0.25, 0.3) is 10.9 Å². The smallest absolute Gasteiger partial charge is 0.251 e. The molecule has 3 atom stereocenters. The van der Waals surface area contributed by atoms with E-state index in [2.05, 4.69) is 70.4 Å². The van der Waals surface area contributed by atoms with Crippen LogP contribution in [0.15, 0.2) is 60.8 Å². The predicted octanol–water partition coefficient (Wildman–Crippen LogP) is 5.52. The fraction of sp³-hybridized carbons (Fsp3) is 0.320. The standard InChI is InChI=1S/C25H27N3O/c1-25(2,3)28-24(29)15-11-12-22-19(13-15)16-8-6-9-18(16)23(27-22)20-14-26-21-10-5-4-7-17(20)21/h4-8,10-14,16,18,23,26-27H,9H2,1-3H3,(H,28,29). The van der Waals surface area contributed by atoms with Crippen molar-refractivity contribution in [1.82, 2.24) is 10.3 Å². The van der Waals surface area contributed by atoms with Crippen LogP contribution < -0.4 is 10.6 Å². The molecule has 1 aliphatic heterocycles. The Kier molecular flexibility index (Phi) is 4.05. The number of allylic oxidation sites excluding steroid dienone is 2. The Balaban J connectivity index is 1.53. The van der Waals surface area contributed by atoms with E-state index in [1.54, 1.807) is 0 Å². The summed E-state index contributed by atoms with van der Waals surface area (Å²) in [5.74, 6) is 0.757. The molecule has 3 unspecified atom stereocenters. The molecule has 4 nitrogen and oxygen atoms in total. The molecule has 0 fully saturated rings. The second-order valence-electron chi connectivity index (χ2n) is 9.27. The van der Waals surface area contributed by atoms with E-state index in [9.17, 15) is 4.79 Å². The van der Waals surface area contributed by atoms with Gasteiger partial charge in [0.1, 0.15) is 0 Å². The highest BCUT2D eigenvalue weighted by Gasteiger charge is 2.39. The van der Waals surface area contributed by atoms with Crippen LogP contribution in [-0.4, -0.2) is 16.4 Å². The first kappa shape index (κ1) is 18.0. The first-order chi connectivity index (χ1) is 13.9. The third kappa shape index (κ3) is 3.13. The van der Waals surface area contributed by atoms with E-state index < -0.39 is 0 Å². The molecule has 0 bridgehead atoms. The van der Waals surface area contributed by atoms with Crippen molar-refractivity contribution in [2.24, 2.45) is 5.92 Å². The maximum Gasteiger partial charge on any atom is 0.251 e. The molecule has 148 valence electrons. The Morgan fingerprint density at radius 1 is 1.10 bits per heavy atom. The largest absolute Gasteiger partial charge is 0.378 e. The zero-order chi connectivity index (χ0) is 20.2. The first-order valence-corrected chi connectivity index (χ1v) is 10.4. The highest BCUT2D eigenvalue weighted by Crippen LogP contribution is 2.50. The lowest BCUT2D eigenvalue weighted by atomic mass is 9.76. The van der Waals surface area contributed by atoms with Crippen LogP contribution in [0, 0.1) is 5.92 Å². The van der Waals surface area contributed by atoms with Crippen molar-refractivity contribution in [2.45, 2.75) is 44.7 Å². The molecule has 1 aliphatic carbocycles. The number of benzene rings is 2. The number of hydrogen-bond acceptors (Lipinski definition) is 2. The van der Waals surface area contributed by atoms with Crippen LogP contribution in [-0.2, 0) is 0 Å². The van der Waals surface area contributed by atoms with Gasteiger partial charge in [-0.15, -0.1) is 0 Å². The van der Waals surface area contributed by atoms with Gasteiger partial charge in [0.15, 0.2) is 0 Å². The third-order valence-electron chi connectivity index (χ3n) is 6.07. The van der Waals surface area contributed by atoms with Crippen molar-refractivity contribution < 1.29 is 4.79 Å². The van der Waals surface area contributed by atoms with Gasteiger partial charge in [-0.25, -0.2) is 0 Å². The number of H-pyrrole nitrogens is 1. The fourth-order valence-electron chi connectivity index (χ4n) is 4.81. The maximum atomic E-state index is 12.7. The molecule has 0 radical (unpaired) electrons. The maximum absolute atomic E-state index is 12.7. The van der Waals surface area contributed by atoms with Crippen molar-refractivity contribution in [3.8, 4) is 0 Å². The normalized spacial score (nSPS) is 22.8. The lowest BCUT2D eigenvalue weighted by molar-refractivity contribution is 0.0919. The Hall–Kier alpha value is -3.01. The van der Waals surface area contributed by atoms with Gasteiger partial charge in [-0.05, 0) is 68.5 Å². The minimum absolute atomic E-state index is 0.0161. The van der Waals surface area contributed by atoms with E-state index in [1.165, 1.54) is 22.0 Å². The lowest BCUT2D eigenvalue weighted by Gasteiger charge is -2.37. The first-order valence-electron chi connectivity index (χ1n) is 10.4. The molecule has 1 aromatic heterocycles. The van der Waals surface area contributed by atoms with Gasteiger partial charge in [-0.3, -0.25) is 4.79 Å². The summed E-state index contributed by atoms with van der Waals surface area (Å²) in [7, 11) is 0. The van der Waals surface area contributed by atoms with Crippen LogP contribution in [0.1, 0.15) is 60.6 Å². The number of fused-ring (bicyclic) bond motifs is 4. The minimum Gasteiger partial charge on any atom is -0.378 e. The molecule has 3 aromatic rings. The molecule has 5 rings (SSSR count). The summed E-state index contributed by atoms with van der Waals surface area (Å²) < 4.78 is 0. The average Bonchev–Trinajstić information content (AvgIpc) is 3.33. The summed E-state index contributed by atoms with van der Waals surface area (Å²) in [4.78, 5) is 16.1. The number of amides is 1. The molecule has 4 heteroatoms. The highest BCUT2D eigenvalue weighted by molar-refractivity contribution is 5.95. The number of carbonyl (C=O) groups is 1. The van der Waals surface area contributed by atoms with Gasteiger partial charge in [-0.2, -0.15) is 0 Å². The molecule has 0 saturated carbocycles. The number of aromatic nitrogens is 1. The Bertz CT molecular complexity index is 1120. The van der Waals surface area contributed by atoms with Gasteiger partial charge in [0.2, 0.25) is 0 Å². The summed E-state index contributed by atoms with van der Waals surface area (Å²) in [5, 5.41) is 8.14. The van der Waals surface area contributed by atoms with Crippen LogP contribution in [0.2, 0.25) is 0 Å². The van der Waals surface area contributed by atoms with Crippen molar-refractivity contribution >= 4 is 22.5 Å². The number of aromatic amines is 1. The zero-order valence-electron chi connectivity index (χ0n) is 17.1. The molecule has 3 N–H and O–H groups in total. The van der Waals surface area contributed by atoms with E-state index >= 15 is 0 Å². The topological polar surface area (TPSA) is 56.9 Å². The fourth-order valence-corrected chi connectivity index (χ4v) is 4.81. The summed E-state index contributed by atoms with van der Waals surface area (Å²) in [6.07, 6.45) is 7.79. The van der Waals surface area contributed by atoms with E-state index in [-0.39, 0.29) is 17.5 Å². The zero-order valence-corrected chi connectivity index (χ0v) is 17.1. The molecule has 1 amide bonds. The second kappa shape index (κ2) is 6.51. The lowest BCUT2D eigenvalue weighted by Crippen LogP contribution is -2.40. The van der Waals surface area contributed by atoms with Gasteiger partial charge in [0.25, 0.3) is 5.91 Å². The predicted molar refractivity (Wildman–Crippen MR) is 118 cm³/mol. The van der Waals surface area contributed by atoms with Crippen LogP contribution >= 0.6 is 0 Å². The van der Waals surface area contributed by atoms with Gasteiger partial charge in [0.05, 0.1) is 6.04 Å². The van der Waals surface area contributed by atoms with Crippen LogP contribution in [0.5, 0.6) is 0 Å². The summed E-state index contributed by atoms with van der Waals surface area (Å²) >= 11 is 0. The molecule has 2 aliphatic rings. The van der Waals surface area contributed by atoms with Crippen molar-refractivity contribution in [2.75, 3.05) is 5.32 Å². The monoisotopic (exact) mass is 385 g/mol. The summed E-state index contributed by atoms with van der Waals surface area (Å²) in [5.41, 5.74) is 5.32. The van der Waals surface area contributed by atoms with Gasteiger partial charge < -0.3 is 15.6 Å². The van der Waals surface area contributed by atoms with Crippen molar-refractivity contribution in [3.63, 3.8) is 0 Å². The Morgan fingerprint density at radius 3 is 2.76 bits per heavy atom. The molecular weight excluding hydrogens is 358 g/mol. The molecule has 0 spiro atoms. The number of nitrogens with one attached hydrogen (secondary N) is 3. The van der Waals surface area contributed by atoms with E-state index in [0.717, 1.165) is 17.7 Å². The molecule has 29 heavy (non-hydrogen) atoms. The minimum atomic E-state index is -0.249. The average molecular weight is 386 g/mol. The SMILES string of the molecule is CC(C)(C)NC(=O)c1ccc2c(c1)C1C=CCC1C(c1c[nH]c3ccccc13)N2. The summed E-state index contributed by atoms with van der Waals surface area (Å²) in [6, 6.07) is 14.8. The van der Waals surface area contributed by atoms with Gasteiger partial charge in [-0.1, -0.05) is 30.4 Å². The quantitative estimate of drug-likeness (QED) is 0.509. The molecular formula is C25H27N3O. The van der Waals surface area contributed by atoms with Crippen molar-refractivity contribution in [1.29, 1.82) is 0 Å². The number of hydrogen-bond donors (Lipinski definition) is 3. The molecule has 0 saturated heterocycles. The number of para-hydroxylation sites is 1. The highest BCUT2D eigenvalue weighted by atomic mass is 16.1. The number of carbonyl (C=O) groups excluding carboxylic acids is 1. The van der Waals surface area contributed by atoms with Crippen molar-refractivity contribution in [3.05, 3.63) is 77.5 Å². The Labute approximate surface area is 171 Å². The number of anilines is 1. The van der Waals surface area contributed by atoms with E-state index in [1.807, 2.05) is 26.8 Å². The summed E-state index contributed by atoms with van der Waals surface area (Å²) in [6.45, 7) is 6.02. The van der Waals surface area contributed by atoms with E-state index in [4.69, 9.17) is 0 Å². The van der Waals surface area contributed by atoms with Crippen LogP contribution in [0.4, 0.5) is 5.69 Å². The molecule has 2 aromatic carbocycles. The Morgan fingerprint density at radius 2 is 1.93 bits per heavy atom. The van der Waals surface area contributed by atoms with Crippen LogP contribution in [0.3, 0.4) is 0 Å². The third-order valence-corrected chi connectivity index (χ3v) is 6.07. The van der Waals surface area contributed by atoms with E-state index in [0.29, 0.717) is 11.8 Å². The molecule has 2 heterocycles. The van der Waals surface area contributed by atoms with Gasteiger partial charge in [0, 0.05) is 39.8 Å².